The zero-order chi connectivity index (χ0) is 18.8. The Morgan fingerprint density at radius 1 is 1.04 bits per heavy atom. The van der Waals surface area contributed by atoms with E-state index in [0.717, 1.165) is 56.2 Å². The molecule has 0 radical (unpaired) electrons. The van der Waals surface area contributed by atoms with Crippen molar-refractivity contribution < 1.29 is 4.79 Å². The second-order valence-electron chi connectivity index (χ2n) is 7.70. The first-order valence-corrected chi connectivity index (χ1v) is 9.84. The summed E-state index contributed by atoms with van der Waals surface area (Å²) in [5, 5.41) is 2.92. The van der Waals surface area contributed by atoms with Gasteiger partial charge in [0.2, 0.25) is 0 Å². The van der Waals surface area contributed by atoms with Gasteiger partial charge in [0, 0.05) is 50.4 Å². The number of anilines is 2. The molecule has 0 unspecified atom stereocenters. The summed E-state index contributed by atoms with van der Waals surface area (Å²) in [5.41, 5.74) is 2.86. The number of carbonyl (C=O) groups excluding carboxylic acids is 1. The molecule has 0 saturated carbocycles. The van der Waals surface area contributed by atoms with Gasteiger partial charge in [-0.05, 0) is 24.5 Å². The van der Waals surface area contributed by atoms with Crippen LogP contribution in [-0.4, -0.2) is 48.6 Å². The number of aromatic nitrogens is 2. The van der Waals surface area contributed by atoms with Crippen molar-refractivity contribution in [2.75, 3.05) is 42.5 Å². The molecule has 142 valence electrons. The van der Waals surface area contributed by atoms with Crippen LogP contribution >= 0.6 is 0 Å². The number of carbonyl (C=O) groups is 1. The Labute approximate surface area is 160 Å². The molecular weight excluding hydrogens is 338 g/mol. The second-order valence-corrected chi connectivity index (χ2v) is 7.70. The maximum absolute atomic E-state index is 12.4. The summed E-state index contributed by atoms with van der Waals surface area (Å²) >= 11 is 0. The van der Waals surface area contributed by atoms with Gasteiger partial charge in [0.05, 0.1) is 0 Å². The van der Waals surface area contributed by atoms with Gasteiger partial charge in [-0.1, -0.05) is 32.0 Å². The van der Waals surface area contributed by atoms with Crippen LogP contribution in [0.5, 0.6) is 0 Å². The smallest absolute Gasteiger partial charge is 0.270 e. The molecule has 4 rings (SSSR count). The fourth-order valence-corrected chi connectivity index (χ4v) is 3.85. The first-order valence-electron chi connectivity index (χ1n) is 9.84. The first-order chi connectivity index (χ1) is 13.1. The molecule has 0 aliphatic carbocycles. The number of hydrogen-bond acceptors (Lipinski definition) is 5. The van der Waals surface area contributed by atoms with Gasteiger partial charge >= 0.3 is 0 Å². The number of nitrogens with one attached hydrogen (secondary N) is 1. The number of fused-ring (bicyclic) bond motifs is 1. The lowest BCUT2D eigenvalue weighted by Gasteiger charge is -2.38. The zero-order valence-corrected chi connectivity index (χ0v) is 16.1. The minimum absolute atomic E-state index is 0.0622. The van der Waals surface area contributed by atoms with E-state index in [9.17, 15) is 4.79 Å². The van der Waals surface area contributed by atoms with E-state index < -0.39 is 0 Å². The Bertz CT molecular complexity index is 813. The highest BCUT2D eigenvalue weighted by Gasteiger charge is 2.28. The Morgan fingerprint density at radius 3 is 2.44 bits per heavy atom. The van der Waals surface area contributed by atoms with Gasteiger partial charge in [-0.15, -0.1) is 0 Å². The van der Waals surface area contributed by atoms with Crippen molar-refractivity contribution in [3.05, 3.63) is 47.4 Å². The third-order valence-corrected chi connectivity index (χ3v) is 5.20. The highest BCUT2D eigenvalue weighted by Crippen LogP contribution is 2.26. The average Bonchev–Trinajstić information content (AvgIpc) is 2.68. The van der Waals surface area contributed by atoms with Gasteiger partial charge in [-0.25, -0.2) is 9.97 Å². The third kappa shape index (κ3) is 3.75. The molecule has 0 spiro atoms. The lowest BCUT2D eigenvalue weighted by molar-refractivity contribution is 0.0940. The summed E-state index contributed by atoms with van der Waals surface area (Å²) < 4.78 is 0. The molecule has 2 aliphatic heterocycles. The van der Waals surface area contributed by atoms with Crippen LogP contribution in [0.1, 0.15) is 35.7 Å². The van der Waals surface area contributed by atoms with Crippen LogP contribution in [-0.2, 0) is 12.8 Å². The van der Waals surface area contributed by atoms with Crippen molar-refractivity contribution >= 4 is 17.4 Å². The molecule has 27 heavy (non-hydrogen) atoms. The van der Waals surface area contributed by atoms with Crippen LogP contribution in [0.2, 0.25) is 0 Å². The van der Waals surface area contributed by atoms with Crippen LogP contribution in [0, 0.1) is 5.92 Å². The molecule has 2 aromatic rings. The van der Waals surface area contributed by atoms with Crippen molar-refractivity contribution in [1.82, 2.24) is 15.3 Å². The van der Waals surface area contributed by atoms with E-state index in [1.807, 2.05) is 6.07 Å². The molecule has 1 aromatic carbocycles. The SMILES string of the molecule is CC(C)Cc1nc2c(c(N3CCN(c4ccccc4)CC3)n1)CCNC2=O. The number of piperazine rings is 1. The zero-order valence-electron chi connectivity index (χ0n) is 16.1. The Hall–Kier alpha value is -2.63. The summed E-state index contributed by atoms with van der Waals surface area (Å²) in [4.78, 5) is 26.6. The monoisotopic (exact) mass is 365 g/mol. The Balaban J connectivity index is 1.59. The summed E-state index contributed by atoms with van der Waals surface area (Å²) in [7, 11) is 0. The minimum Gasteiger partial charge on any atom is -0.368 e. The molecule has 0 bridgehead atoms. The lowest BCUT2D eigenvalue weighted by atomic mass is 10.0. The van der Waals surface area contributed by atoms with Crippen LogP contribution in [0.4, 0.5) is 11.5 Å². The number of hydrogen-bond donors (Lipinski definition) is 1. The van der Waals surface area contributed by atoms with Crippen molar-refractivity contribution in [3.63, 3.8) is 0 Å². The standard InChI is InChI=1S/C21H27N5O/c1-15(2)14-18-23-19-17(8-9-22-21(19)27)20(24-18)26-12-10-25(11-13-26)16-6-4-3-5-7-16/h3-7,15H,8-14H2,1-2H3,(H,22,27). The van der Waals surface area contributed by atoms with E-state index >= 15 is 0 Å². The molecule has 6 nitrogen and oxygen atoms in total. The number of para-hydroxylation sites is 1. The van der Waals surface area contributed by atoms with Crippen molar-refractivity contribution in [1.29, 1.82) is 0 Å². The maximum atomic E-state index is 12.4. The summed E-state index contributed by atoms with van der Waals surface area (Å²) in [6.07, 6.45) is 1.59. The van der Waals surface area contributed by atoms with E-state index in [1.54, 1.807) is 0 Å². The highest BCUT2D eigenvalue weighted by atomic mass is 16.1. The molecule has 3 heterocycles. The van der Waals surface area contributed by atoms with E-state index in [-0.39, 0.29) is 5.91 Å². The van der Waals surface area contributed by atoms with E-state index in [4.69, 9.17) is 4.98 Å². The van der Waals surface area contributed by atoms with E-state index in [2.05, 4.69) is 58.2 Å². The van der Waals surface area contributed by atoms with Crippen molar-refractivity contribution in [2.24, 2.45) is 5.92 Å². The molecule has 2 aliphatic rings. The minimum atomic E-state index is -0.0622. The topological polar surface area (TPSA) is 61.4 Å². The molecular formula is C21H27N5O. The van der Waals surface area contributed by atoms with Crippen LogP contribution in [0.25, 0.3) is 0 Å². The average molecular weight is 365 g/mol. The van der Waals surface area contributed by atoms with Gasteiger partial charge in [-0.3, -0.25) is 4.79 Å². The van der Waals surface area contributed by atoms with Crippen LogP contribution < -0.4 is 15.1 Å². The van der Waals surface area contributed by atoms with Crippen molar-refractivity contribution in [2.45, 2.75) is 26.7 Å². The first kappa shape index (κ1) is 17.8. The molecule has 1 aromatic heterocycles. The fourth-order valence-electron chi connectivity index (χ4n) is 3.85. The summed E-state index contributed by atoms with van der Waals surface area (Å²) in [6, 6.07) is 10.5. The summed E-state index contributed by atoms with van der Waals surface area (Å²) in [6.45, 7) is 8.68. The third-order valence-electron chi connectivity index (χ3n) is 5.20. The molecule has 6 heteroatoms. The normalized spacial score (nSPS) is 17.1. The van der Waals surface area contributed by atoms with Gasteiger partial charge in [-0.2, -0.15) is 0 Å². The van der Waals surface area contributed by atoms with Gasteiger partial charge < -0.3 is 15.1 Å². The van der Waals surface area contributed by atoms with E-state index in [1.165, 1.54) is 5.69 Å². The van der Waals surface area contributed by atoms with Crippen molar-refractivity contribution in [3.8, 4) is 0 Å². The predicted molar refractivity (Wildman–Crippen MR) is 107 cm³/mol. The second kappa shape index (κ2) is 7.55. The number of benzene rings is 1. The highest BCUT2D eigenvalue weighted by molar-refractivity contribution is 5.96. The number of nitrogens with zero attached hydrogens (tertiary/aromatic N) is 4. The molecule has 1 saturated heterocycles. The Morgan fingerprint density at radius 2 is 1.74 bits per heavy atom. The molecule has 1 fully saturated rings. The number of amides is 1. The number of rotatable bonds is 4. The maximum Gasteiger partial charge on any atom is 0.270 e. The quantitative estimate of drug-likeness (QED) is 0.901. The van der Waals surface area contributed by atoms with E-state index in [0.29, 0.717) is 18.2 Å². The van der Waals surface area contributed by atoms with Gasteiger partial charge in [0.1, 0.15) is 17.3 Å². The van der Waals surface area contributed by atoms with Crippen LogP contribution in [0.3, 0.4) is 0 Å². The predicted octanol–water partition coefficient (Wildman–Crippen LogP) is 2.29. The largest absolute Gasteiger partial charge is 0.368 e. The lowest BCUT2D eigenvalue weighted by Crippen LogP contribution is -2.48. The molecule has 1 amide bonds. The molecule has 1 N–H and O–H groups in total. The van der Waals surface area contributed by atoms with Crippen LogP contribution in [0.15, 0.2) is 30.3 Å². The summed E-state index contributed by atoms with van der Waals surface area (Å²) in [5.74, 6) is 2.14. The fraction of sp³-hybridized carbons (Fsp3) is 0.476. The molecule has 0 atom stereocenters. The van der Waals surface area contributed by atoms with Gasteiger partial charge in [0.15, 0.2) is 0 Å². The Kier molecular flexibility index (Phi) is 4.97. The van der Waals surface area contributed by atoms with Gasteiger partial charge in [0.25, 0.3) is 5.91 Å².